The first kappa shape index (κ1) is 23.4. The normalized spacial score (nSPS) is 18.9. The fraction of sp³-hybridized carbons (Fsp3) is 0.357. The van der Waals surface area contributed by atoms with Crippen LogP contribution < -0.4 is 5.32 Å². The lowest BCUT2D eigenvalue weighted by Gasteiger charge is -2.38. The number of furan rings is 1. The molecule has 1 atom stereocenters. The van der Waals surface area contributed by atoms with E-state index >= 15 is 0 Å². The number of likely N-dealkylation sites (tertiary alicyclic amines) is 1. The first-order valence-corrected chi connectivity index (χ1v) is 12.6. The van der Waals surface area contributed by atoms with Crippen LogP contribution in [0.4, 0.5) is 0 Å². The van der Waals surface area contributed by atoms with Gasteiger partial charge in [0.15, 0.2) is 5.58 Å². The average molecular weight is 500 g/mol. The summed E-state index contributed by atoms with van der Waals surface area (Å²) < 4.78 is 11.8. The third-order valence-electron chi connectivity index (χ3n) is 7.58. The SMILES string of the molecule is Cc1cncc(C(=O)NCC2CC3(CCN(C(=O)c4cc5occ(-c6cccnc6)c5[nH]4)CC3)CO2)c1. The molecule has 1 spiro atoms. The lowest BCUT2D eigenvalue weighted by molar-refractivity contribution is 0.0492. The number of piperidine rings is 1. The van der Waals surface area contributed by atoms with Crippen LogP contribution in [0.5, 0.6) is 0 Å². The van der Waals surface area contributed by atoms with E-state index in [9.17, 15) is 9.59 Å². The van der Waals surface area contributed by atoms with Crippen LogP contribution in [-0.2, 0) is 4.74 Å². The van der Waals surface area contributed by atoms with Gasteiger partial charge in [-0.25, -0.2) is 0 Å². The van der Waals surface area contributed by atoms with Crippen LogP contribution >= 0.6 is 0 Å². The molecule has 0 aromatic carbocycles. The molecule has 4 aromatic heterocycles. The maximum absolute atomic E-state index is 13.3. The molecular formula is C28H29N5O4. The van der Waals surface area contributed by atoms with Crippen molar-refractivity contribution < 1.29 is 18.7 Å². The predicted octanol–water partition coefficient (Wildman–Crippen LogP) is 3.97. The minimum Gasteiger partial charge on any atom is -0.462 e. The largest absolute Gasteiger partial charge is 0.462 e. The molecule has 2 saturated heterocycles. The predicted molar refractivity (Wildman–Crippen MR) is 137 cm³/mol. The summed E-state index contributed by atoms with van der Waals surface area (Å²) in [7, 11) is 0. The van der Waals surface area contributed by atoms with Crippen molar-refractivity contribution in [1.29, 1.82) is 0 Å². The van der Waals surface area contributed by atoms with E-state index in [1.165, 1.54) is 0 Å². The maximum atomic E-state index is 13.3. The molecule has 2 N–H and O–H groups in total. The van der Waals surface area contributed by atoms with Crippen molar-refractivity contribution in [3.8, 4) is 11.1 Å². The van der Waals surface area contributed by atoms with Gasteiger partial charge in [-0.1, -0.05) is 6.07 Å². The Morgan fingerprint density at radius 1 is 1.19 bits per heavy atom. The highest BCUT2D eigenvalue weighted by molar-refractivity contribution is 6.00. The Labute approximate surface area is 214 Å². The summed E-state index contributed by atoms with van der Waals surface area (Å²) in [6, 6.07) is 7.45. The summed E-state index contributed by atoms with van der Waals surface area (Å²) >= 11 is 0. The van der Waals surface area contributed by atoms with E-state index < -0.39 is 0 Å². The second kappa shape index (κ2) is 9.48. The van der Waals surface area contributed by atoms with Gasteiger partial charge in [-0.15, -0.1) is 0 Å². The van der Waals surface area contributed by atoms with E-state index in [1.807, 2.05) is 30.0 Å². The van der Waals surface area contributed by atoms with Crippen molar-refractivity contribution in [3.05, 3.63) is 72.1 Å². The topological polar surface area (TPSA) is 113 Å². The van der Waals surface area contributed by atoms with Crippen molar-refractivity contribution in [3.63, 3.8) is 0 Å². The summed E-state index contributed by atoms with van der Waals surface area (Å²) in [6.45, 7) is 4.39. The van der Waals surface area contributed by atoms with Crippen LogP contribution in [0.15, 0.2) is 59.7 Å². The van der Waals surface area contributed by atoms with E-state index in [2.05, 4.69) is 20.3 Å². The molecule has 9 nitrogen and oxygen atoms in total. The number of ether oxygens (including phenoxy) is 1. The summed E-state index contributed by atoms with van der Waals surface area (Å²) in [6.07, 6.45) is 11.1. The minimum atomic E-state index is -0.135. The number of H-pyrrole nitrogens is 1. The molecule has 0 aliphatic carbocycles. The molecule has 0 radical (unpaired) electrons. The number of nitrogens with one attached hydrogen (secondary N) is 2. The molecule has 37 heavy (non-hydrogen) atoms. The lowest BCUT2D eigenvalue weighted by Crippen LogP contribution is -2.44. The summed E-state index contributed by atoms with van der Waals surface area (Å²) in [4.78, 5) is 39.2. The van der Waals surface area contributed by atoms with Crippen molar-refractivity contribution in [2.75, 3.05) is 26.2 Å². The average Bonchev–Trinajstić information content (AvgIpc) is 3.63. The number of aromatic amines is 1. The van der Waals surface area contributed by atoms with Crippen molar-refractivity contribution in [2.45, 2.75) is 32.3 Å². The molecule has 6 heterocycles. The summed E-state index contributed by atoms with van der Waals surface area (Å²) in [5.74, 6) is -0.155. The molecule has 0 saturated carbocycles. The van der Waals surface area contributed by atoms with Crippen LogP contribution in [0, 0.1) is 12.3 Å². The molecule has 190 valence electrons. The molecule has 6 rings (SSSR count). The Balaban J connectivity index is 1.05. The molecule has 9 heteroatoms. The second-order valence-electron chi connectivity index (χ2n) is 10.2. The molecule has 0 bridgehead atoms. The monoisotopic (exact) mass is 499 g/mol. The van der Waals surface area contributed by atoms with Gasteiger partial charge in [-0.3, -0.25) is 19.6 Å². The number of hydrogen-bond donors (Lipinski definition) is 2. The van der Waals surface area contributed by atoms with Gasteiger partial charge in [-0.05, 0) is 49.3 Å². The van der Waals surface area contributed by atoms with Crippen molar-refractivity contribution in [2.24, 2.45) is 5.41 Å². The number of aromatic nitrogens is 3. The Kier molecular flexibility index (Phi) is 6.00. The number of carbonyl (C=O) groups excluding carboxylic acids is 2. The van der Waals surface area contributed by atoms with Crippen molar-refractivity contribution in [1.82, 2.24) is 25.2 Å². The van der Waals surface area contributed by atoms with Crippen molar-refractivity contribution >= 4 is 22.9 Å². The number of amides is 2. The maximum Gasteiger partial charge on any atom is 0.270 e. The van der Waals surface area contributed by atoms with E-state index in [0.717, 1.165) is 41.5 Å². The highest BCUT2D eigenvalue weighted by atomic mass is 16.5. The Hall–Kier alpha value is -3.98. The van der Waals surface area contributed by atoms with Gasteiger partial charge in [0, 0.05) is 61.6 Å². The van der Waals surface area contributed by atoms with E-state index in [1.54, 1.807) is 37.1 Å². The molecular weight excluding hydrogens is 470 g/mol. The van der Waals surface area contributed by atoms with Gasteiger partial charge in [0.2, 0.25) is 0 Å². The second-order valence-corrected chi connectivity index (χ2v) is 10.2. The highest BCUT2D eigenvalue weighted by Gasteiger charge is 2.43. The highest BCUT2D eigenvalue weighted by Crippen LogP contribution is 2.42. The number of rotatable bonds is 5. The van der Waals surface area contributed by atoms with Gasteiger partial charge >= 0.3 is 0 Å². The minimum absolute atomic E-state index is 0.0205. The smallest absolute Gasteiger partial charge is 0.270 e. The van der Waals surface area contributed by atoms with Crippen LogP contribution in [0.25, 0.3) is 22.2 Å². The Morgan fingerprint density at radius 2 is 2.05 bits per heavy atom. The van der Waals surface area contributed by atoms with Crippen LogP contribution in [0.3, 0.4) is 0 Å². The zero-order valence-electron chi connectivity index (χ0n) is 20.7. The van der Waals surface area contributed by atoms with Gasteiger partial charge in [-0.2, -0.15) is 0 Å². The molecule has 2 aliphatic heterocycles. The van der Waals surface area contributed by atoms with E-state index in [-0.39, 0.29) is 23.3 Å². The van der Waals surface area contributed by atoms with E-state index in [0.29, 0.717) is 43.1 Å². The van der Waals surface area contributed by atoms with E-state index in [4.69, 9.17) is 9.15 Å². The molecule has 2 fully saturated rings. The molecule has 4 aromatic rings. The van der Waals surface area contributed by atoms with Gasteiger partial charge in [0.25, 0.3) is 11.8 Å². The number of aryl methyl sites for hydroxylation is 1. The van der Waals surface area contributed by atoms with Gasteiger partial charge in [0.05, 0.1) is 23.8 Å². The number of pyridine rings is 2. The first-order valence-electron chi connectivity index (χ1n) is 12.6. The third kappa shape index (κ3) is 4.62. The molecule has 2 amide bonds. The molecule has 1 unspecified atom stereocenters. The Bertz CT molecular complexity index is 1440. The summed E-state index contributed by atoms with van der Waals surface area (Å²) in [5.41, 5.74) is 5.38. The van der Waals surface area contributed by atoms with Crippen LogP contribution in [0.2, 0.25) is 0 Å². The number of nitrogens with zero attached hydrogens (tertiary/aromatic N) is 3. The zero-order chi connectivity index (χ0) is 25.4. The molecule has 2 aliphatic rings. The third-order valence-corrected chi connectivity index (χ3v) is 7.58. The fourth-order valence-electron chi connectivity index (χ4n) is 5.48. The van der Waals surface area contributed by atoms with Gasteiger partial charge in [0.1, 0.15) is 12.0 Å². The standard InChI is InChI=1S/C28H29N5O4/c1-18-9-20(14-30-12-18)26(34)31-15-21-11-28(17-37-21)4-7-33(8-5-28)27(35)23-10-24-25(32-23)22(16-36-24)19-3-2-6-29-13-19/h2-3,6,9-10,12-14,16,21,32H,4-5,7-8,11,15,17H2,1H3,(H,31,34). The fourth-order valence-corrected chi connectivity index (χ4v) is 5.48. The summed E-state index contributed by atoms with van der Waals surface area (Å²) in [5, 5.41) is 2.98. The van der Waals surface area contributed by atoms with Crippen LogP contribution in [0.1, 0.15) is 45.7 Å². The quantitative estimate of drug-likeness (QED) is 0.430. The van der Waals surface area contributed by atoms with Crippen LogP contribution in [-0.4, -0.2) is 64.0 Å². The van der Waals surface area contributed by atoms with Gasteiger partial charge < -0.3 is 24.4 Å². The number of fused-ring (bicyclic) bond motifs is 1. The number of carbonyl (C=O) groups is 2. The Morgan fingerprint density at radius 3 is 2.84 bits per heavy atom. The zero-order valence-corrected chi connectivity index (χ0v) is 20.7. The first-order chi connectivity index (χ1) is 18.0. The number of hydrogen-bond acceptors (Lipinski definition) is 6. The lowest BCUT2D eigenvalue weighted by atomic mass is 9.76.